The molecule has 0 saturated heterocycles. The molecule has 0 aliphatic carbocycles. The minimum Gasteiger partial charge on any atom is -0.454 e. The number of amides is 1. The van der Waals surface area contributed by atoms with Crippen LogP contribution < -0.4 is 20.1 Å². The SMILES string of the molecule is N#C/C(=C/Nc1cc(Cl)cc(Cl)c1)C(=O)NCc1ccc2c(c1)OCO2. The van der Waals surface area contributed by atoms with E-state index in [1.807, 2.05) is 12.1 Å². The number of nitrogens with one attached hydrogen (secondary N) is 2. The molecule has 0 fully saturated rings. The number of fused-ring (bicyclic) bond motifs is 1. The highest BCUT2D eigenvalue weighted by Gasteiger charge is 2.14. The summed E-state index contributed by atoms with van der Waals surface area (Å²) in [4.78, 5) is 12.2. The van der Waals surface area contributed by atoms with E-state index >= 15 is 0 Å². The third kappa shape index (κ3) is 4.39. The van der Waals surface area contributed by atoms with Crippen LogP contribution in [0, 0.1) is 11.3 Å². The Morgan fingerprint density at radius 1 is 1.15 bits per heavy atom. The fourth-order valence-corrected chi connectivity index (χ4v) is 2.80. The Labute approximate surface area is 159 Å². The molecule has 8 heteroatoms. The number of carbonyl (C=O) groups is 1. The van der Waals surface area contributed by atoms with Crippen LogP contribution in [0.4, 0.5) is 5.69 Å². The van der Waals surface area contributed by atoms with Gasteiger partial charge in [-0.15, -0.1) is 0 Å². The molecule has 2 aromatic carbocycles. The van der Waals surface area contributed by atoms with Gasteiger partial charge in [0.15, 0.2) is 11.5 Å². The lowest BCUT2D eigenvalue weighted by molar-refractivity contribution is -0.117. The molecule has 0 unspecified atom stereocenters. The first-order valence-corrected chi connectivity index (χ1v) is 8.30. The number of carbonyl (C=O) groups excluding carboxylic acids is 1. The van der Waals surface area contributed by atoms with Gasteiger partial charge in [-0.05, 0) is 35.9 Å². The maximum absolute atomic E-state index is 12.2. The van der Waals surface area contributed by atoms with Gasteiger partial charge in [-0.2, -0.15) is 5.26 Å². The number of hydrogen-bond acceptors (Lipinski definition) is 5. The monoisotopic (exact) mass is 389 g/mol. The zero-order chi connectivity index (χ0) is 18.5. The van der Waals surface area contributed by atoms with E-state index in [9.17, 15) is 10.1 Å². The van der Waals surface area contributed by atoms with Crippen molar-refractivity contribution >= 4 is 34.8 Å². The van der Waals surface area contributed by atoms with Crippen LogP contribution in [0.2, 0.25) is 10.0 Å². The van der Waals surface area contributed by atoms with Crippen LogP contribution in [0.1, 0.15) is 5.56 Å². The number of nitrogens with zero attached hydrogens (tertiary/aromatic N) is 1. The van der Waals surface area contributed by atoms with Crippen molar-refractivity contribution in [2.45, 2.75) is 6.54 Å². The molecule has 0 aromatic heterocycles. The highest BCUT2D eigenvalue weighted by Crippen LogP contribution is 2.32. The molecule has 0 atom stereocenters. The zero-order valence-corrected chi connectivity index (χ0v) is 14.9. The summed E-state index contributed by atoms with van der Waals surface area (Å²) in [5, 5.41) is 15.6. The molecule has 2 N–H and O–H groups in total. The summed E-state index contributed by atoms with van der Waals surface area (Å²) in [5.74, 6) is 0.792. The minimum atomic E-state index is -0.509. The lowest BCUT2D eigenvalue weighted by atomic mass is 10.2. The van der Waals surface area contributed by atoms with Gasteiger partial charge in [0.1, 0.15) is 11.6 Å². The molecule has 1 aliphatic heterocycles. The average Bonchev–Trinajstić information content (AvgIpc) is 3.07. The highest BCUT2D eigenvalue weighted by atomic mass is 35.5. The van der Waals surface area contributed by atoms with E-state index in [2.05, 4.69) is 10.6 Å². The highest BCUT2D eigenvalue weighted by molar-refractivity contribution is 6.35. The summed E-state index contributed by atoms with van der Waals surface area (Å²) in [6.45, 7) is 0.434. The van der Waals surface area contributed by atoms with E-state index in [0.29, 0.717) is 27.2 Å². The van der Waals surface area contributed by atoms with Crippen molar-refractivity contribution < 1.29 is 14.3 Å². The van der Waals surface area contributed by atoms with Crippen molar-refractivity contribution in [2.24, 2.45) is 0 Å². The maximum Gasteiger partial charge on any atom is 0.263 e. The summed E-state index contributed by atoms with van der Waals surface area (Å²) in [5.41, 5.74) is 1.31. The molecular weight excluding hydrogens is 377 g/mol. The third-order valence-corrected chi connectivity index (χ3v) is 3.94. The second-order valence-electron chi connectivity index (χ2n) is 5.34. The molecular formula is C18H13Cl2N3O3. The predicted octanol–water partition coefficient (Wildman–Crippen LogP) is 3.86. The minimum absolute atomic E-state index is 0.0816. The summed E-state index contributed by atoms with van der Waals surface area (Å²) < 4.78 is 10.5. The summed E-state index contributed by atoms with van der Waals surface area (Å²) in [6.07, 6.45) is 1.30. The number of anilines is 1. The Balaban J connectivity index is 1.62. The second-order valence-corrected chi connectivity index (χ2v) is 6.22. The fourth-order valence-electron chi connectivity index (χ4n) is 2.27. The smallest absolute Gasteiger partial charge is 0.263 e. The molecule has 0 radical (unpaired) electrons. The molecule has 1 aliphatic rings. The van der Waals surface area contributed by atoms with Gasteiger partial charge in [0.2, 0.25) is 6.79 Å². The first-order valence-electron chi connectivity index (χ1n) is 7.55. The van der Waals surface area contributed by atoms with Gasteiger partial charge >= 0.3 is 0 Å². The molecule has 1 amide bonds. The Kier molecular flexibility index (Phi) is 5.52. The molecule has 0 spiro atoms. The van der Waals surface area contributed by atoms with Crippen LogP contribution in [0.15, 0.2) is 48.2 Å². The number of nitriles is 1. The van der Waals surface area contributed by atoms with E-state index in [4.69, 9.17) is 32.7 Å². The average molecular weight is 390 g/mol. The summed E-state index contributed by atoms with van der Waals surface area (Å²) >= 11 is 11.8. The molecule has 26 heavy (non-hydrogen) atoms. The van der Waals surface area contributed by atoms with E-state index in [-0.39, 0.29) is 18.9 Å². The topological polar surface area (TPSA) is 83.4 Å². The van der Waals surface area contributed by atoms with Crippen LogP contribution in [0.25, 0.3) is 0 Å². The first kappa shape index (κ1) is 17.9. The van der Waals surface area contributed by atoms with Gasteiger partial charge in [0.25, 0.3) is 5.91 Å². The van der Waals surface area contributed by atoms with Crippen LogP contribution in [-0.2, 0) is 11.3 Å². The fraction of sp³-hybridized carbons (Fsp3) is 0.111. The van der Waals surface area contributed by atoms with Crippen molar-refractivity contribution in [1.82, 2.24) is 5.32 Å². The molecule has 0 saturated carbocycles. The number of benzene rings is 2. The van der Waals surface area contributed by atoms with Crippen molar-refractivity contribution in [2.75, 3.05) is 12.1 Å². The Hall–Kier alpha value is -2.88. The summed E-state index contributed by atoms with van der Waals surface area (Å²) in [7, 11) is 0. The van der Waals surface area contributed by atoms with Gasteiger partial charge in [0, 0.05) is 28.5 Å². The molecule has 132 valence electrons. The van der Waals surface area contributed by atoms with Gasteiger partial charge in [-0.25, -0.2) is 0 Å². The number of ether oxygens (including phenoxy) is 2. The number of rotatable bonds is 5. The first-order chi connectivity index (χ1) is 12.5. The van der Waals surface area contributed by atoms with Crippen LogP contribution in [-0.4, -0.2) is 12.7 Å². The number of hydrogen-bond donors (Lipinski definition) is 2. The van der Waals surface area contributed by atoms with E-state index < -0.39 is 5.91 Å². The standard InChI is InChI=1S/C18H13Cl2N3O3/c19-13-4-14(20)6-15(5-13)22-9-12(7-21)18(24)23-8-11-1-2-16-17(3-11)26-10-25-16/h1-6,9,22H,8,10H2,(H,23,24)/b12-9-. The van der Waals surface area contributed by atoms with Gasteiger partial charge in [-0.1, -0.05) is 29.3 Å². The lowest BCUT2D eigenvalue weighted by Gasteiger charge is -2.07. The second kappa shape index (κ2) is 8.00. The van der Waals surface area contributed by atoms with Crippen LogP contribution >= 0.6 is 23.2 Å². The van der Waals surface area contributed by atoms with Gasteiger partial charge < -0.3 is 20.1 Å². The summed E-state index contributed by atoms with van der Waals surface area (Å²) in [6, 6.07) is 12.1. The number of halogens is 2. The van der Waals surface area contributed by atoms with Crippen LogP contribution in [0.3, 0.4) is 0 Å². The third-order valence-electron chi connectivity index (χ3n) is 3.50. The van der Waals surface area contributed by atoms with Crippen molar-refractivity contribution in [1.29, 1.82) is 5.26 Å². The quantitative estimate of drug-likeness (QED) is 0.599. The zero-order valence-electron chi connectivity index (χ0n) is 13.4. The normalized spacial score (nSPS) is 12.4. The van der Waals surface area contributed by atoms with Gasteiger partial charge in [0.05, 0.1) is 0 Å². The van der Waals surface area contributed by atoms with E-state index in [1.165, 1.54) is 6.20 Å². The van der Waals surface area contributed by atoms with E-state index in [0.717, 1.165) is 5.56 Å². The molecule has 2 aromatic rings. The van der Waals surface area contributed by atoms with Crippen LogP contribution in [0.5, 0.6) is 11.5 Å². The van der Waals surface area contributed by atoms with Crippen molar-refractivity contribution in [3.63, 3.8) is 0 Å². The molecule has 1 heterocycles. The Bertz CT molecular complexity index is 902. The molecule has 6 nitrogen and oxygen atoms in total. The maximum atomic E-state index is 12.2. The Morgan fingerprint density at radius 2 is 1.88 bits per heavy atom. The van der Waals surface area contributed by atoms with Crippen molar-refractivity contribution in [3.8, 4) is 17.6 Å². The van der Waals surface area contributed by atoms with Gasteiger partial charge in [-0.3, -0.25) is 4.79 Å². The predicted molar refractivity (Wildman–Crippen MR) is 98.2 cm³/mol. The lowest BCUT2D eigenvalue weighted by Crippen LogP contribution is -2.24. The van der Waals surface area contributed by atoms with E-state index in [1.54, 1.807) is 30.3 Å². The Morgan fingerprint density at radius 3 is 2.62 bits per heavy atom. The molecule has 0 bridgehead atoms. The molecule has 3 rings (SSSR count). The van der Waals surface area contributed by atoms with Crippen molar-refractivity contribution in [3.05, 3.63) is 63.8 Å². The largest absolute Gasteiger partial charge is 0.454 e.